The molecule has 3 aromatic carbocycles. The lowest BCUT2D eigenvalue weighted by Gasteiger charge is -2.11. The van der Waals surface area contributed by atoms with Crippen LogP contribution in [0.25, 0.3) is 11.4 Å². The first kappa shape index (κ1) is 26.4. The quantitative estimate of drug-likeness (QED) is 0.144. The standard InChI is InChI=1S/C28H25N5O4S2/c1-35-23-16-21(12-13-22(23)36-17-19-8-4-2-5-9-19)26-30-25(37-33-26)15-14-24(34)29-27-31-32-28(39-27)38-18-20-10-6-3-7-11-20/h2-13,16H,14-15,17-18H2,1H3,(H,29,31,34). The number of ether oxygens (including phenoxy) is 2. The molecule has 1 amide bonds. The van der Waals surface area contributed by atoms with Crippen molar-refractivity contribution < 1.29 is 18.8 Å². The van der Waals surface area contributed by atoms with Crippen LogP contribution >= 0.6 is 23.1 Å². The molecule has 0 unspecified atom stereocenters. The van der Waals surface area contributed by atoms with E-state index in [4.69, 9.17) is 14.0 Å². The van der Waals surface area contributed by atoms with Crippen molar-refractivity contribution in [2.75, 3.05) is 12.4 Å². The number of anilines is 1. The Hall–Kier alpha value is -4.22. The Morgan fingerprint density at radius 3 is 2.51 bits per heavy atom. The summed E-state index contributed by atoms with van der Waals surface area (Å²) in [6.45, 7) is 0.426. The minimum Gasteiger partial charge on any atom is -0.493 e. The number of carbonyl (C=O) groups is 1. The number of hydrogen-bond donors (Lipinski definition) is 1. The number of thioether (sulfide) groups is 1. The van der Waals surface area contributed by atoms with Crippen molar-refractivity contribution in [1.29, 1.82) is 0 Å². The number of nitrogens with zero attached hydrogens (tertiary/aromatic N) is 4. The van der Waals surface area contributed by atoms with Gasteiger partial charge in [0, 0.05) is 24.2 Å². The summed E-state index contributed by atoms with van der Waals surface area (Å²) in [7, 11) is 1.58. The fraction of sp³-hybridized carbons (Fsp3) is 0.179. The summed E-state index contributed by atoms with van der Waals surface area (Å²) in [6.07, 6.45) is 0.464. The molecule has 0 aliphatic carbocycles. The van der Waals surface area contributed by atoms with Crippen molar-refractivity contribution in [1.82, 2.24) is 20.3 Å². The SMILES string of the molecule is COc1cc(-c2noc(CCC(=O)Nc3nnc(SCc4ccccc4)s3)n2)ccc1OCc1ccccc1. The maximum atomic E-state index is 12.4. The first-order valence-corrected chi connectivity index (χ1v) is 13.9. The number of rotatable bonds is 12. The van der Waals surface area contributed by atoms with Gasteiger partial charge in [-0.25, -0.2) is 0 Å². The maximum absolute atomic E-state index is 12.4. The third-order valence-corrected chi connectivity index (χ3v) is 7.59. The second-order valence-corrected chi connectivity index (χ2v) is 10.5. The van der Waals surface area contributed by atoms with Gasteiger partial charge in [-0.2, -0.15) is 4.98 Å². The highest BCUT2D eigenvalue weighted by atomic mass is 32.2. The van der Waals surface area contributed by atoms with E-state index >= 15 is 0 Å². The predicted molar refractivity (Wildman–Crippen MR) is 150 cm³/mol. The van der Waals surface area contributed by atoms with Gasteiger partial charge in [-0.1, -0.05) is 88.9 Å². The summed E-state index contributed by atoms with van der Waals surface area (Å²) in [5.74, 6) is 2.53. The molecule has 2 heterocycles. The van der Waals surface area contributed by atoms with Crippen LogP contribution in [-0.4, -0.2) is 33.4 Å². The van der Waals surface area contributed by atoms with Gasteiger partial charge in [0.2, 0.25) is 22.8 Å². The molecule has 0 bridgehead atoms. The lowest BCUT2D eigenvalue weighted by Crippen LogP contribution is -2.12. The van der Waals surface area contributed by atoms with Gasteiger partial charge in [0.25, 0.3) is 0 Å². The summed E-state index contributed by atoms with van der Waals surface area (Å²) >= 11 is 2.93. The second-order valence-electron chi connectivity index (χ2n) is 8.35. The fourth-order valence-corrected chi connectivity index (χ4v) is 5.30. The number of hydrogen-bond acceptors (Lipinski definition) is 10. The van der Waals surface area contributed by atoms with Gasteiger partial charge in [0.15, 0.2) is 15.8 Å². The van der Waals surface area contributed by atoms with Crippen molar-refractivity contribution in [2.24, 2.45) is 0 Å². The average Bonchev–Trinajstić information content (AvgIpc) is 3.64. The number of aromatic nitrogens is 4. The highest BCUT2D eigenvalue weighted by Crippen LogP contribution is 2.32. The molecule has 0 spiro atoms. The van der Waals surface area contributed by atoms with Crippen molar-refractivity contribution >= 4 is 34.1 Å². The van der Waals surface area contributed by atoms with Crippen molar-refractivity contribution in [3.63, 3.8) is 0 Å². The van der Waals surface area contributed by atoms with E-state index < -0.39 is 0 Å². The van der Waals surface area contributed by atoms with Gasteiger partial charge in [0.05, 0.1) is 7.11 Å². The van der Waals surface area contributed by atoms with Crippen LogP contribution in [0, 0.1) is 0 Å². The van der Waals surface area contributed by atoms with Gasteiger partial charge in [-0.05, 0) is 29.3 Å². The zero-order chi connectivity index (χ0) is 26.9. The Morgan fingerprint density at radius 2 is 1.74 bits per heavy atom. The minimum atomic E-state index is -0.202. The van der Waals surface area contributed by atoms with E-state index in [0.29, 0.717) is 46.9 Å². The Morgan fingerprint density at radius 1 is 0.974 bits per heavy atom. The molecule has 198 valence electrons. The lowest BCUT2D eigenvalue weighted by atomic mass is 10.2. The first-order valence-electron chi connectivity index (χ1n) is 12.1. The molecular formula is C28H25N5O4S2. The normalized spacial score (nSPS) is 10.8. The molecule has 1 N–H and O–H groups in total. The molecule has 0 aliphatic rings. The molecule has 11 heteroatoms. The molecule has 0 saturated heterocycles. The van der Waals surface area contributed by atoms with Gasteiger partial charge < -0.3 is 19.3 Å². The molecule has 2 aromatic heterocycles. The predicted octanol–water partition coefficient (Wildman–Crippen LogP) is 6.04. The zero-order valence-corrected chi connectivity index (χ0v) is 22.7. The molecule has 5 rings (SSSR count). The van der Waals surface area contributed by atoms with Gasteiger partial charge in [0.1, 0.15) is 6.61 Å². The number of methoxy groups -OCH3 is 1. The van der Waals surface area contributed by atoms with Gasteiger partial charge in [-0.15, -0.1) is 10.2 Å². The third kappa shape index (κ3) is 7.43. The highest BCUT2D eigenvalue weighted by Gasteiger charge is 2.15. The van der Waals surface area contributed by atoms with E-state index in [0.717, 1.165) is 15.7 Å². The maximum Gasteiger partial charge on any atom is 0.227 e. The topological polar surface area (TPSA) is 112 Å². The Kier molecular flexibility index (Phi) is 8.82. The van der Waals surface area contributed by atoms with Crippen LogP contribution in [0.5, 0.6) is 11.5 Å². The van der Waals surface area contributed by atoms with Crippen molar-refractivity contribution in [3.8, 4) is 22.9 Å². The summed E-state index contributed by atoms with van der Waals surface area (Å²) in [5, 5.41) is 15.5. The fourth-order valence-electron chi connectivity index (χ4n) is 3.58. The minimum absolute atomic E-state index is 0.170. The van der Waals surface area contributed by atoms with Crippen LogP contribution in [0.3, 0.4) is 0 Å². The average molecular weight is 560 g/mol. The molecule has 0 saturated carbocycles. The Labute approximate surface area is 233 Å². The van der Waals surface area contributed by atoms with Crippen LogP contribution in [0.4, 0.5) is 5.13 Å². The summed E-state index contributed by atoms with van der Waals surface area (Å²) < 4.78 is 17.6. The van der Waals surface area contributed by atoms with E-state index in [1.54, 1.807) is 24.9 Å². The van der Waals surface area contributed by atoms with E-state index in [-0.39, 0.29) is 12.3 Å². The molecule has 5 aromatic rings. The van der Waals surface area contributed by atoms with E-state index in [2.05, 4.69) is 37.8 Å². The van der Waals surface area contributed by atoms with Crippen molar-refractivity contribution in [2.45, 2.75) is 29.5 Å². The van der Waals surface area contributed by atoms with Crippen molar-refractivity contribution in [3.05, 3.63) is 95.9 Å². The molecular weight excluding hydrogens is 534 g/mol. The highest BCUT2D eigenvalue weighted by molar-refractivity contribution is 8.00. The number of nitrogens with one attached hydrogen (secondary N) is 1. The summed E-state index contributed by atoms with van der Waals surface area (Å²) in [6, 6.07) is 25.5. The van der Waals surface area contributed by atoms with Crippen LogP contribution in [0.2, 0.25) is 0 Å². The van der Waals surface area contributed by atoms with Crippen LogP contribution in [0.1, 0.15) is 23.4 Å². The molecule has 9 nitrogen and oxygen atoms in total. The first-order chi connectivity index (χ1) is 19.2. The Balaban J connectivity index is 1.12. The van der Waals surface area contributed by atoms with Crippen LogP contribution in [-0.2, 0) is 23.6 Å². The summed E-state index contributed by atoms with van der Waals surface area (Å²) in [4.78, 5) is 16.9. The number of aryl methyl sites for hydroxylation is 1. The molecule has 39 heavy (non-hydrogen) atoms. The van der Waals surface area contributed by atoms with Crippen LogP contribution in [0.15, 0.2) is 87.7 Å². The van der Waals surface area contributed by atoms with Crippen LogP contribution < -0.4 is 14.8 Å². The van der Waals surface area contributed by atoms with E-state index in [1.807, 2.05) is 60.7 Å². The number of benzene rings is 3. The molecule has 0 aliphatic heterocycles. The summed E-state index contributed by atoms with van der Waals surface area (Å²) in [5.41, 5.74) is 2.98. The zero-order valence-electron chi connectivity index (χ0n) is 21.1. The number of carbonyl (C=O) groups excluding carboxylic acids is 1. The molecule has 0 fully saturated rings. The number of amides is 1. The lowest BCUT2D eigenvalue weighted by molar-refractivity contribution is -0.116. The smallest absolute Gasteiger partial charge is 0.227 e. The monoisotopic (exact) mass is 559 g/mol. The third-order valence-electron chi connectivity index (χ3n) is 5.55. The molecule has 0 atom stereocenters. The molecule has 0 radical (unpaired) electrons. The Bertz CT molecular complexity index is 1510. The van der Waals surface area contributed by atoms with Gasteiger partial charge >= 0.3 is 0 Å². The second kappa shape index (κ2) is 13.0. The van der Waals surface area contributed by atoms with E-state index in [9.17, 15) is 4.79 Å². The largest absolute Gasteiger partial charge is 0.493 e. The van der Waals surface area contributed by atoms with Gasteiger partial charge in [-0.3, -0.25) is 4.79 Å². The van der Waals surface area contributed by atoms with E-state index in [1.165, 1.54) is 16.9 Å².